The van der Waals surface area contributed by atoms with Gasteiger partial charge >= 0.3 is 0 Å². The van der Waals surface area contributed by atoms with Gasteiger partial charge in [0.15, 0.2) is 0 Å². The minimum atomic E-state index is 0.808. The maximum absolute atomic E-state index is 2.42. The lowest BCUT2D eigenvalue weighted by Gasteiger charge is -2.16. The molecule has 0 N–H and O–H groups in total. The average molecular weight is 250 g/mol. The van der Waals surface area contributed by atoms with E-state index in [2.05, 4.69) is 56.3 Å². The largest absolute Gasteiger partial charge is 0.0622 e. The Morgan fingerprint density at radius 1 is 0.842 bits per heavy atom. The third kappa shape index (κ3) is 2.45. The third-order valence-corrected chi connectivity index (χ3v) is 4.44. The van der Waals surface area contributed by atoms with Gasteiger partial charge in [-0.1, -0.05) is 55.3 Å². The van der Waals surface area contributed by atoms with Gasteiger partial charge in [0.1, 0.15) is 0 Å². The van der Waals surface area contributed by atoms with Gasteiger partial charge in [-0.15, -0.1) is 0 Å². The van der Waals surface area contributed by atoms with Crippen molar-refractivity contribution in [1.29, 1.82) is 0 Å². The van der Waals surface area contributed by atoms with Crippen LogP contribution in [0.4, 0.5) is 0 Å². The van der Waals surface area contributed by atoms with Gasteiger partial charge in [0.25, 0.3) is 0 Å². The summed E-state index contributed by atoms with van der Waals surface area (Å²) in [4.78, 5) is 0. The zero-order valence-electron chi connectivity index (χ0n) is 11.9. The summed E-state index contributed by atoms with van der Waals surface area (Å²) in [6.45, 7) is 4.52. The summed E-state index contributed by atoms with van der Waals surface area (Å²) in [7, 11) is 0. The fraction of sp³-hybridized carbons (Fsp3) is 0.368. The maximum Gasteiger partial charge on any atom is -0.0125 e. The quantitative estimate of drug-likeness (QED) is 0.648. The number of hydrogen-bond acceptors (Lipinski definition) is 0. The minimum Gasteiger partial charge on any atom is -0.0622 e. The SMILES string of the molecule is Cc1cc(C2CCCC2)cc(C)c1-c1ccccc1. The summed E-state index contributed by atoms with van der Waals surface area (Å²) < 4.78 is 0. The standard InChI is InChI=1S/C19H22/c1-14-12-18(16-8-6-7-9-16)13-15(2)19(14)17-10-4-3-5-11-17/h3-5,10-13,16H,6-9H2,1-2H3. The van der Waals surface area contributed by atoms with E-state index >= 15 is 0 Å². The monoisotopic (exact) mass is 250 g/mol. The van der Waals surface area contributed by atoms with E-state index in [0.29, 0.717) is 0 Å². The van der Waals surface area contributed by atoms with Gasteiger partial charge in [-0.25, -0.2) is 0 Å². The van der Waals surface area contributed by atoms with Gasteiger partial charge in [-0.05, 0) is 60.4 Å². The van der Waals surface area contributed by atoms with Crippen molar-refractivity contribution in [2.75, 3.05) is 0 Å². The van der Waals surface area contributed by atoms with Gasteiger partial charge in [-0.2, -0.15) is 0 Å². The summed E-state index contributed by atoms with van der Waals surface area (Å²) in [6.07, 6.45) is 5.57. The smallest absolute Gasteiger partial charge is 0.0125 e. The first-order chi connectivity index (χ1) is 9.25. The first kappa shape index (κ1) is 12.5. The van der Waals surface area contributed by atoms with E-state index in [1.165, 1.54) is 47.9 Å². The Hall–Kier alpha value is -1.56. The molecule has 0 spiro atoms. The summed E-state index contributed by atoms with van der Waals surface area (Å²) in [5.74, 6) is 0.808. The molecule has 3 rings (SSSR count). The van der Waals surface area contributed by atoms with E-state index in [1.54, 1.807) is 5.56 Å². The Labute approximate surface area is 116 Å². The molecule has 1 fully saturated rings. The molecule has 2 aromatic carbocycles. The van der Waals surface area contributed by atoms with E-state index in [0.717, 1.165) is 5.92 Å². The summed E-state index contributed by atoms with van der Waals surface area (Å²) in [5, 5.41) is 0. The molecular formula is C19H22. The Morgan fingerprint density at radius 3 is 2.00 bits per heavy atom. The van der Waals surface area contributed by atoms with Crippen molar-refractivity contribution in [1.82, 2.24) is 0 Å². The van der Waals surface area contributed by atoms with Crippen molar-refractivity contribution in [2.45, 2.75) is 45.4 Å². The molecule has 0 unspecified atom stereocenters. The number of hydrogen-bond donors (Lipinski definition) is 0. The van der Waals surface area contributed by atoms with Crippen LogP contribution in [0.1, 0.15) is 48.3 Å². The van der Waals surface area contributed by atoms with Crippen LogP contribution in [-0.2, 0) is 0 Å². The van der Waals surface area contributed by atoms with Crippen molar-refractivity contribution < 1.29 is 0 Å². The predicted molar refractivity (Wildman–Crippen MR) is 82.6 cm³/mol. The molecule has 1 aliphatic rings. The molecule has 1 saturated carbocycles. The average Bonchev–Trinajstić information content (AvgIpc) is 2.93. The van der Waals surface area contributed by atoms with E-state index < -0.39 is 0 Å². The van der Waals surface area contributed by atoms with Crippen molar-refractivity contribution >= 4 is 0 Å². The molecule has 0 heteroatoms. The van der Waals surface area contributed by atoms with Crippen LogP contribution in [0.3, 0.4) is 0 Å². The highest BCUT2D eigenvalue weighted by molar-refractivity contribution is 5.71. The Balaban J connectivity index is 2.03. The second kappa shape index (κ2) is 5.21. The molecule has 0 aliphatic heterocycles. The zero-order chi connectivity index (χ0) is 13.2. The lowest BCUT2D eigenvalue weighted by molar-refractivity contribution is 0.722. The molecule has 0 bridgehead atoms. The highest BCUT2D eigenvalue weighted by atomic mass is 14.2. The molecule has 0 atom stereocenters. The highest BCUT2D eigenvalue weighted by Gasteiger charge is 2.18. The third-order valence-electron chi connectivity index (χ3n) is 4.44. The molecular weight excluding hydrogens is 228 g/mol. The van der Waals surface area contributed by atoms with Crippen LogP contribution < -0.4 is 0 Å². The molecule has 1 aliphatic carbocycles. The van der Waals surface area contributed by atoms with Crippen LogP contribution >= 0.6 is 0 Å². The molecule has 0 radical (unpaired) electrons. The van der Waals surface area contributed by atoms with Crippen LogP contribution in [0.5, 0.6) is 0 Å². The summed E-state index contributed by atoms with van der Waals surface area (Å²) in [5.41, 5.74) is 7.17. The molecule has 2 aromatic rings. The second-order valence-corrected chi connectivity index (χ2v) is 5.88. The van der Waals surface area contributed by atoms with E-state index in [-0.39, 0.29) is 0 Å². The zero-order valence-corrected chi connectivity index (χ0v) is 11.9. The predicted octanol–water partition coefficient (Wildman–Crippen LogP) is 5.63. The molecule has 0 nitrogen and oxygen atoms in total. The fourth-order valence-electron chi connectivity index (χ4n) is 3.55. The Bertz CT molecular complexity index is 537. The molecule has 0 aromatic heterocycles. The molecule has 98 valence electrons. The topological polar surface area (TPSA) is 0 Å². The second-order valence-electron chi connectivity index (χ2n) is 5.88. The van der Waals surface area contributed by atoms with Gasteiger partial charge in [-0.3, -0.25) is 0 Å². The first-order valence-corrected chi connectivity index (χ1v) is 7.42. The van der Waals surface area contributed by atoms with Crippen molar-refractivity contribution in [2.24, 2.45) is 0 Å². The lowest BCUT2D eigenvalue weighted by Crippen LogP contribution is -1.97. The van der Waals surface area contributed by atoms with Gasteiger partial charge in [0.05, 0.1) is 0 Å². The van der Waals surface area contributed by atoms with Crippen LogP contribution in [0.15, 0.2) is 42.5 Å². The molecule has 0 amide bonds. The van der Waals surface area contributed by atoms with Crippen LogP contribution in [-0.4, -0.2) is 0 Å². The first-order valence-electron chi connectivity index (χ1n) is 7.42. The van der Waals surface area contributed by atoms with Crippen LogP contribution in [0.25, 0.3) is 11.1 Å². The lowest BCUT2D eigenvalue weighted by atomic mass is 9.88. The normalized spacial score (nSPS) is 15.9. The summed E-state index contributed by atoms with van der Waals surface area (Å²) >= 11 is 0. The molecule has 0 heterocycles. The Morgan fingerprint density at radius 2 is 1.42 bits per heavy atom. The van der Waals surface area contributed by atoms with E-state index in [1.807, 2.05) is 0 Å². The van der Waals surface area contributed by atoms with Gasteiger partial charge in [0.2, 0.25) is 0 Å². The molecule has 0 saturated heterocycles. The Kier molecular flexibility index (Phi) is 3.42. The van der Waals surface area contributed by atoms with Gasteiger partial charge in [0, 0.05) is 0 Å². The van der Waals surface area contributed by atoms with E-state index in [9.17, 15) is 0 Å². The van der Waals surface area contributed by atoms with Crippen molar-refractivity contribution in [3.8, 4) is 11.1 Å². The number of rotatable bonds is 2. The molecule has 19 heavy (non-hydrogen) atoms. The highest BCUT2D eigenvalue weighted by Crippen LogP contribution is 2.37. The number of benzene rings is 2. The summed E-state index contributed by atoms with van der Waals surface area (Å²) in [6, 6.07) is 15.6. The maximum atomic E-state index is 2.42. The van der Waals surface area contributed by atoms with Crippen LogP contribution in [0.2, 0.25) is 0 Å². The van der Waals surface area contributed by atoms with Gasteiger partial charge < -0.3 is 0 Å². The van der Waals surface area contributed by atoms with Crippen molar-refractivity contribution in [3.05, 3.63) is 59.2 Å². The van der Waals surface area contributed by atoms with Crippen LogP contribution in [0, 0.1) is 13.8 Å². The fourth-order valence-corrected chi connectivity index (χ4v) is 3.55. The number of aryl methyl sites for hydroxylation is 2. The minimum absolute atomic E-state index is 0.808. The van der Waals surface area contributed by atoms with Crippen molar-refractivity contribution in [3.63, 3.8) is 0 Å². The van der Waals surface area contributed by atoms with E-state index in [4.69, 9.17) is 0 Å².